The van der Waals surface area contributed by atoms with Gasteiger partial charge in [-0.1, -0.05) is 29.8 Å². The van der Waals surface area contributed by atoms with Gasteiger partial charge in [0, 0.05) is 12.1 Å². The van der Waals surface area contributed by atoms with E-state index in [1.165, 1.54) is 25.3 Å². The molecule has 2 aromatic rings. The molecule has 0 unspecified atom stereocenters. The van der Waals surface area contributed by atoms with Gasteiger partial charge >= 0.3 is 0 Å². The maximum Gasteiger partial charge on any atom is 0.225 e. The Bertz CT molecular complexity index is 791. The smallest absolute Gasteiger partial charge is 0.225 e. The van der Waals surface area contributed by atoms with Crippen molar-refractivity contribution >= 4 is 33.0 Å². The molecule has 0 atom stereocenters. The average molecular weight is 354 g/mol. The van der Waals surface area contributed by atoms with E-state index in [2.05, 4.69) is 5.32 Å². The number of sulfone groups is 1. The highest BCUT2D eigenvalue weighted by atomic mass is 35.5. The van der Waals surface area contributed by atoms with Gasteiger partial charge in [-0.25, -0.2) is 8.42 Å². The van der Waals surface area contributed by atoms with Gasteiger partial charge in [-0.05, 0) is 30.3 Å². The van der Waals surface area contributed by atoms with E-state index in [9.17, 15) is 13.2 Å². The summed E-state index contributed by atoms with van der Waals surface area (Å²) in [5.41, 5.74) is 0.627. The quantitative estimate of drug-likeness (QED) is 0.865. The molecule has 5 nitrogen and oxygen atoms in total. The SMILES string of the molecule is COc1ccc(S(=O)(=O)CCC(=O)Nc2ccccc2)cc1Cl. The third-order valence-corrected chi connectivity index (χ3v) is 5.15. The zero-order chi connectivity index (χ0) is 16.9. The normalized spacial score (nSPS) is 11.0. The van der Waals surface area contributed by atoms with Crippen LogP contribution >= 0.6 is 11.6 Å². The Hall–Kier alpha value is -2.05. The zero-order valence-electron chi connectivity index (χ0n) is 12.5. The molecule has 23 heavy (non-hydrogen) atoms. The Balaban J connectivity index is 2.01. The molecule has 0 heterocycles. The second-order valence-corrected chi connectivity index (χ2v) is 7.30. The van der Waals surface area contributed by atoms with Crippen LogP contribution in [-0.2, 0) is 14.6 Å². The first-order valence-electron chi connectivity index (χ1n) is 6.83. The van der Waals surface area contributed by atoms with Gasteiger partial charge in [-0.2, -0.15) is 0 Å². The fourth-order valence-corrected chi connectivity index (χ4v) is 3.52. The predicted octanol–water partition coefficient (Wildman–Crippen LogP) is 3.15. The number of carbonyl (C=O) groups excluding carboxylic acids is 1. The van der Waals surface area contributed by atoms with Gasteiger partial charge in [-0.15, -0.1) is 0 Å². The highest BCUT2D eigenvalue weighted by Crippen LogP contribution is 2.27. The second kappa shape index (κ2) is 7.48. The number of halogens is 1. The van der Waals surface area contributed by atoms with Gasteiger partial charge in [0.05, 0.1) is 22.8 Å². The van der Waals surface area contributed by atoms with Crippen molar-refractivity contribution in [1.82, 2.24) is 0 Å². The Morgan fingerprint density at radius 1 is 1.17 bits per heavy atom. The lowest BCUT2D eigenvalue weighted by Crippen LogP contribution is -2.17. The monoisotopic (exact) mass is 353 g/mol. The van der Waals surface area contributed by atoms with Crippen molar-refractivity contribution in [2.24, 2.45) is 0 Å². The van der Waals surface area contributed by atoms with Crippen molar-refractivity contribution < 1.29 is 17.9 Å². The summed E-state index contributed by atoms with van der Waals surface area (Å²) in [4.78, 5) is 11.9. The summed E-state index contributed by atoms with van der Waals surface area (Å²) in [7, 11) is -2.15. The Labute approximate surface area is 140 Å². The van der Waals surface area contributed by atoms with Crippen LogP contribution in [0.3, 0.4) is 0 Å². The molecule has 0 spiro atoms. The number of methoxy groups -OCH3 is 1. The number of amides is 1. The van der Waals surface area contributed by atoms with Gasteiger partial charge in [0.25, 0.3) is 0 Å². The van der Waals surface area contributed by atoms with Crippen LogP contribution in [0.2, 0.25) is 5.02 Å². The minimum absolute atomic E-state index is 0.0656. The van der Waals surface area contributed by atoms with Crippen LogP contribution < -0.4 is 10.1 Å². The highest BCUT2D eigenvalue weighted by Gasteiger charge is 2.18. The standard InChI is InChI=1S/C16H16ClNO4S/c1-22-15-8-7-13(11-14(15)17)23(20,21)10-9-16(19)18-12-5-3-2-4-6-12/h2-8,11H,9-10H2,1H3,(H,18,19). The molecule has 2 aromatic carbocycles. The van der Waals surface area contributed by atoms with Crippen LogP contribution in [-0.4, -0.2) is 27.2 Å². The summed E-state index contributed by atoms with van der Waals surface area (Å²) in [6.45, 7) is 0. The number of hydrogen-bond donors (Lipinski definition) is 1. The maximum atomic E-state index is 12.3. The van der Waals surface area contributed by atoms with Gasteiger partial charge in [0.1, 0.15) is 5.75 Å². The summed E-state index contributed by atoms with van der Waals surface area (Å²) in [6, 6.07) is 13.1. The number of anilines is 1. The lowest BCUT2D eigenvalue weighted by Gasteiger charge is -2.08. The Kier molecular flexibility index (Phi) is 5.63. The minimum Gasteiger partial charge on any atom is -0.495 e. The number of para-hydroxylation sites is 1. The largest absolute Gasteiger partial charge is 0.495 e. The molecule has 1 amide bonds. The molecule has 0 radical (unpaired) electrons. The van der Waals surface area contributed by atoms with Crippen molar-refractivity contribution in [1.29, 1.82) is 0 Å². The molecule has 2 rings (SSSR count). The van der Waals surface area contributed by atoms with E-state index in [4.69, 9.17) is 16.3 Å². The van der Waals surface area contributed by atoms with E-state index in [1.807, 2.05) is 6.07 Å². The highest BCUT2D eigenvalue weighted by molar-refractivity contribution is 7.91. The second-order valence-electron chi connectivity index (χ2n) is 4.78. The molecule has 0 saturated carbocycles. The molecule has 7 heteroatoms. The molecule has 0 aliphatic rings. The van der Waals surface area contributed by atoms with E-state index in [0.717, 1.165) is 0 Å². The van der Waals surface area contributed by atoms with Crippen LogP contribution in [0.5, 0.6) is 5.75 Å². The van der Waals surface area contributed by atoms with Gasteiger partial charge in [0.2, 0.25) is 5.91 Å². The van der Waals surface area contributed by atoms with Crippen molar-refractivity contribution in [3.8, 4) is 5.75 Å². The molecule has 1 N–H and O–H groups in total. The number of benzene rings is 2. The van der Waals surface area contributed by atoms with Gasteiger partial charge in [-0.3, -0.25) is 4.79 Å². The molecule has 0 fully saturated rings. The fraction of sp³-hybridized carbons (Fsp3) is 0.188. The third-order valence-electron chi connectivity index (χ3n) is 3.14. The van der Waals surface area contributed by atoms with E-state index in [0.29, 0.717) is 11.4 Å². The van der Waals surface area contributed by atoms with Crippen LogP contribution in [0.4, 0.5) is 5.69 Å². The molecule has 0 saturated heterocycles. The fourth-order valence-electron chi connectivity index (χ4n) is 1.93. The molecule has 0 aliphatic heterocycles. The summed E-state index contributed by atoms with van der Waals surface area (Å²) >= 11 is 5.94. The van der Waals surface area contributed by atoms with Gasteiger partial charge < -0.3 is 10.1 Å². The molecule has 0 bridgehead atoms. The van der Waals surface area contributed by atoms with Crippen molar-refractivity contribution in [2.75, 3.05) is 18.2 Å². The first-order chi connectivity index (χ1) is 10.9. The van der Waals surface area contributed by atoms with Gasteiger partial charge in [0.15, 0.2) is 9.84 Å². The predicted molar refractivity (Wildman–Crippen MR) is 89.7 cm³/mol. The summed E-state index contributed by atoms with van der Waals surface area (Å²) in [5, 5.41) is 2.86. The average Bonchev–Trinajstić information content (AvgIpc) is 2.54. The first-order valence-corrected chi connectivity index (χ1v) is 8.86. The Morgan fingerprint density at radius 3 is 2.48 bits per heavy atom. The number of hydrogen-bond acceptors (Lipinski definition) is 4. The van der Waals surface area contributed by atoms with Crippen LogP contribution in [0.1, 0.15) is 6.42 Å². The molecule has 122 valence electrons. The van der Waals surface area contributed by atoms with Crippen molar-refractivity contribution in [3.63, 3.8) is 0 Å². The molecule has 0 aromatic heterocycles. The Morgan fingerprint density at radius 2 is 1.87 bits per heavy atom. The van der Waals surface area contributed by atoms with Crippen LogP contribution in [0, 0.1) is 0 Å². The van der Waals surface area contributed by atoms with Crippen LogP contribution in [0.25, 0.3) is 0 Å². The van der Waals surface area contributed by atoms with E-state index in [-0.39, 0.29) is 28.0 Å². The van der Waals surface area contributed by atoms with Crippen molar-refractivity contribution in [3.05, 3.63) is 53.6 Å². The van der Waals surface area contributed by atoms with Crippen molar-refractivity contribution in [2.45, 2.75) is 11.3 Å². The van der Waals surface area contributed by atoms with E-state index < -0.39 is 9.84 Å². The van der Waals surface area contributed by atoms with Crippen LogP contribution in [0.15, 0.2) is 53.4 Å². The molecular weight excluding hydrogens is 338 g/mol. The first kappa shape index (κ1) is 17.3. The summed E-state index contributed by atoms with van der Waals surface area (Å²) < 4.78 is 29.5. The number of carbonyl (C=O) groups is 1. The third kappa shape index (κ3) is 4.71. The van der Waals surface area contributed by atoms with E-state index in [1.54, 1.807) is 24.3 Å². The summed E-state index contributed by atoms with van der Waals surface area (Å²) in [6.07, 6.45) is -0.138. The molecule has 0 aliphatic carbocycles. The molecular formula is C16H16ClNO4S. The lowest BCUT2D eigenvalue weighted by atomic mass is 10.3. The summed E-state index contributed by atoms with van der Waals surface area (Å²) in [5.74, 6) is -0.263. The lowest BCUT2D eigenvalue weighted by molar-refractivity contribution is -0.115. The number of nitrogens with one attached hydrogen (secondary N) is 1. The minimum atomic E-state index is -3.60. The maximum absolute atomic E-state index is 12.3. The number of rotatable bonds is 6. The van der Waals surface area contributed by atoms with E-state index >= 15 is 0 Å². The number of ether oxygens (including phenoxy) is 1. The topological polar surface area (TPSA) is 72.5 Å². The zero-order valence-corrected chi connectivity index (χ0v) is 14.0.